The van der Waals surface area contributed by atoms with Gasteiger partial charge in [0.05, 0.1) is 23.4 Å². The van der Waals surface area contributed by atoms with Gasteiger partial charge in [0.2, 0.25) is 5.91 Å². The number of thiocarbonyl (C=S) groups is 1. The molecule has 2 aromatic rings. The maximum absolute atomic E-state index is 15.3. The second-order valence-corrected chi connectivity index (χ2v) is 10.5. The highest BCUT2D eigenvalue weighted by atomic mass is 32.1. The Labute approximate surface area is 231 Å². The summed E-state index contributed by atoms with van der Waals surface area (Å²) in [7, 11) is 0. The largest absolute Gasteiger partial charge is 0.420 e. The van der Waals surface area contributed by atoms with Gasteiger partial charge in [-0.05, 0) is 74.2 Å². The molecule has 1 aliphatic carbocycles. The first-order valence-electron chi connectivity index (χ1n) is 12.6. The number of aliphatic hydroxyl groups excluding tert-OH is 1. The summed E-state index contributed by atoms with van der Waals surface area (Å²) in [5, 5.41) is 18.1. The van der Waals surface area contributed by atoms with Crippen molar-refractivity contribution in [1.82, 2.24) is 4.90 Å². The van der Waals surface area contributed by atoms with Crippen LogP contribution in [0.15, 0.2) is 30.3 Å². The number of carbonyl (C=O) groups is 2. The molecule has 0 atom stereocenters. The number of β-amino-alcohol motifs (C(OH)–C–C–N with tert-alkyl or cyclic N) is 1. The zero-order chi connectivity index (χ0) is 29.0. The van der Waals surface area contributed by atoms with E-state index in [0.29, 0.717) is 36.4 Å². The zero-order valence-electron chi connectivity index (χ0n) is 21.0. The smallest absolute Gasteiger partial charge is 0.389 e. The molecule has 0 aromatic heterocycles. The summed E-state index contributed by atoms with van der Waals surface area (Å²) in [6, 6.07) is 7.22. The van der Waals surface area contributed by atoms with Gasteiger partial charge in [-0.1, -0.05) is 6.07 Å². The average molecular weight is 579 g/mol. The second kappa shape index (κ2) is 10.1. The molecule has 7 nitrogen and oxygen atoms in total. The number of amides is 2. The lowest BCUT2D eigenvalue weighted by molar-refractivity contribution is -0.141. The summed E-state index contributed by atoms with van der Waals surface area (Å²) >= 11 is 5.47. The maximum Gasteiger partial charge on any atom is 0.420 e. The van der Waals surface area contributed by atoms with Gasteiger partial charge in [0, 0.05) is 25.2 Å². The molecule has 210 valence electrons. The number of anilines is 2. The summed E-state index contributed by atoms with van der Waals surface area (Å²) < 4.78 is 71.2. The van der Waals surface area contributed by atoms with Crippen LogP contribution < -0.4 is 9.80 Å². The number of nitriles is 1. The molecule has 0 bridgehead atoms. The Morgan fingerprint density at radius 2 is 1.88 bits per heavy atom. The summed E-state index contributed by atoms with van der Waals surface area (Å²) in [5.41, 5.74) is -4.22. The molecule has 0 unspecified atom stereocenters. The number of halogens is 5. The molecular weight excluding hydrogens is 555 g/mol. The van der Waals surface area contributed by atoms with Crippen molar-refractivity contribution < 1.29 is 36.6 Å². The molecule has 1 N–H and O–H groups in total. The first-order valence-corrected chi connectivity index (χ1v) is 13.0. The highest BCUT2D eigenvalue weighted by Gasteiger charge is 2.60. The monoisotopic (exact) mass is 578 g/mol. The molecule has 1 spiro atoms. The van der Waals surface area contributed by atoms with Gasteiger partial charge >= 0.3 is 6.18 Å². The molecule has 2 saturated heterocycles. The third-order valence-electron chi connectivity index (χ3n) is 7.71. The molecule has 2 heterocycles. The van der Waals surface area contributed by atoms with E-state index in [2.05, 4.69) is 0 Å². The first-order chi connectivity index (χ1) is 18.9. The molecule has 40 heavy (non-hydrogen) atoms. The third kappa shape index (κ3) is 4.49. The molecule has 2 aromatic carbocycles. The predicted molar refractivity (Wildman–Crippen MR) is 137 cm³/mol. The average Bonchev–Trinajstić information content (AvgIpc) is 3.08. The molecule has 1 saturated carbocycles. The molecule has 2 aliphatic heterocycles. The van der Waals surface area contributed by atoms with Crippen LogP contribution in [0.4, 0.5) is 33.3 Å². The number of aryl methyl sites for hydroxylation is 1. The SMILES string of the molecule is N#Cc1ccc(N2C(=O)C3(CCC3)N(c3ccc(CCCC(=O)N4CC(O)C4)c(F)c3)C2=S)c(F)c1C(F)(F)F. The van der Waals surface area contributed by atoms with Crippen LogP contribution in [0.25, 0.3) is 0 Å². The number of benzene rings is 2. The fourth-order valence-corrected chi connectivity index (χ4v) is 5.89. The quantitative estimate of drug-likeness (QED) is 0.403. The van der Waals surface area contributed by atoms with Crippen molar-refractivity contribution >= 4 is 40.5 Å². The van der Waals surface area contributed by atoms with Gasteiger partial charge in [-0.25, -0.2) is 8.78 Å². The number of carbonyl (C=O) groups excluding carboxylic acids is 2. The van der Waals surface area contributed by atoms with E-state index in [4.69, 9.17) is 17.5 Å². The molecule has 2 amide bonds. The van der Waals surface area contributed by atoms with Crippen LogP contribution >= 0.6 is 12.2 Å². The fourth-order valence-electron chi connectivity index (χ4n) is 5.43. The molecule has 0 radical (unpaired) electrons. The van der Waals surface area contributed by atoms with Crippen molar-refractivity contribution in [3.05, 3.63) is 58.7 Å². The van der Waals surface area contributed by atoms with Crippen LogP contribution in [0.2, 0.25) is 0 Å². The number of nitrogens with zero attached hydrogens (tertiary/aromatic N) is 4. The Morgan fingerprint density at radius 3 is 2.42 bits per heavy atom. The minimum absolute atomic E-state index is 0.126. The topological polar surface area (TPSA) is 87.9 Å². The first kappa shape index (κ1) is 27.9. The minimum atomic E-state index is -5.19. The molecular formula is C27H23F5N4O3S. The Kier molecular flexibility index (Phi) is 7.04. The Bertz CT molecular complexity index is 1450. The van der Waals surface area contributed by atoms with E-state index >= 15 is 8.78 Å². The van der Waals surface area contributed by atoms with Crippen molar-refractivity contribution in [2.45, 2.75) is 56.3 Å². The molecule has 3 fully saturated rings. The van der Waals surface area contributed by atoms with Gasteiger partial charge < -0.3 is 14.9 Å². The van der Waals surface area contributed by atoms with Crippen LogP contribution in [-0.2, 0) is 22.2 Å². The molecule has 5 rings (SSSR count). The number of hydrogen-bond acceptors (Lipinski definition) is 5. The van der Waals surface area contributed by atoms with Crippen molar-refractivity contribution in [2.24, 2.45) is 0 Å². The van der Waals surface area contributed by atoms with Crippen molar-refractivity contribution in [3.63, 3.8) is 0 Å². The van der Waals surface area contributed by atoms with Crippen molar-refractivity contribution in [1.29, 1.82) is 5.26 Å². The predicted octanol–water partition coefficient (Wildman–Crippen LogP) is 4.44. The lowest BCUT2D eigenvalue weighted by atomic mass is 9.75. The number of alkyl halides is 3. The highest BCUT2D eigenvalue weighted by molar-refractivity contribution is 7.81. The lowest BCUT2D eigenvalue weighted by Gasteiger charge is -2.43. The standard InChI is InChI=1S/C27H23F5N4O3S/c28-19-11-17(7-5-15(19)3-1-4-21(38)34-13-18(37)14-34)36-25(40)35(24(39)26(36)9-2-10-26)20-8-6-16(12-33)22(23(20)29)27(30,31)32/h5-8,11,18,37H,1-4,9-10,13-14H2. The van der Waals surface area contributed by atoms with E-state index in [1.807, 2.05) is 0 Å². The highest BCUT2D eigenvalue weighted by Crippen LogP contribution is 2.49. The normalized spacial score (nSPS) is 18.7. The second-order valence-electron chi connectivity index (χ2n) is 10.2. The Hall–Kier alpha value is -3.63. The van der Waals surface area contributed by atoms with E-state index in [0.717, 1.165) is 12.1 Å². The Balaban J connectivity index is 1.41. The fraction of sp³-hybridized carbons (Fsp3) is 0.407. The van der Waals surface area contributed by atoms with Gasteiger partial charge in [0.25, 0.3) is 5.91 Å². The van der Waals surface area contributed by atoms with E-state index in [1.54, 1.807) is 0 Å². The van der Waals surface area contributed by atoms with E-state index in [-0.39, 0.29) is 42.4 Å². The van der Waals surface area contributed by atoms with Crippen LogP contribution in [0.3, 0.4) is 0 Å². The van der Waals surface area contributed by atoms with E-state index < -0.39 is 52.2 Å². The van der Waals surface area contributed by atoms with Crippen LogP contribution in [-0.4, -0.2) is 51.7 Å². The number of aliphatic hydroxyl groups is 1. The van der Waals surface area contributed by atoms with E-state index in [1.165, 1.54) is 34.1 Å². The third-order valence-corrected chi connectivity index (χ3v) is 8.07. The van der Waals surface area contributed by atoms with Crippen LogP contribution in [0, 0.1) is 23.0 Å². The molecule has 13 heteroatoms. The number of likely N-dealkylation sites (tertiary alicyclic amines) is 1. The van der Waals surface area contributed by atoms with Crippen LogP contribution in [0.1, 0.15) is 48.8 Å². The molecule has 3 aliphatic rings. The Morgan fingerprint density at radius 1 is 1.18 bits per heavy atom. The summed E-state index contributed by atoms with van der Waals surface area (Å²) in [6.45, 7) is 0.581. The summed E-state index contributed by atoms with van der Waals surface area (Å²) in [4.78, 5) is 29.3. The minimum Gasteiger partial charge on any atom is -0.389 e. The summed E-state index contributed by atoms with van der Waals surface area (Å²) in [5.74, 6) is -3.25. The number of rotatable bonds is 6. The van der Waals surface area contributed by atoms with Crippen molar-refractivity contribution in [2.75, 3.05) is 22.9 Å². The van der Waals surface area contributed by atoms with Crippen LogP contribution in [0.5, 0.6) is 0 Å². The maximum atomic E-state index is 15.3. The van der Waals surface area contributed by atoms with Crippen molar-refractivity contribution in [3.8, 4) is 6.07 Å². The van der Waals surface area contributed by atoms with Gasteiger partial charge in [0.15, 0.2) is 10.9 Å². The van der Waals surface area contributed by atoms with Gasteiger partial charge in [-0.3, -0.25) is 14.5 Å². The van der Waals surface area contributed by atoms with Gasteiger partial charge in [-0.2, -0.15) is 18.4 Å². The van der Waals surface area contributed by atoms with Gasteiger partial charge in [0.1, 0.15) is 16.9 Å². The number of hydrogen-bond donors (Lipinski definition) is 1. The summed E-state index contributed by atoms with van der Waals surface area (Å²) in [6.07, 6.45) is -3.72. The zero-order valence-corrected chi connectivity index (χ0v) is 21.8. The van der Waals surface area contributed by atoms with Gasteiger partial charge in [-0.15, -0.1) is 0 Å². The lowest BCUT2D eigenvalue weighted by Crippen LogP contribution is -2.55. The van der Waals surface area contributed by atoms with E-state index in [9.17, 15) is 27.9 Å².